The van der Waals surface area contributed by atoms with Gasteiger partial charge in [0.1, 0.15) is 11.5 Å². The Kier molecular flexibility index (Phi) is 5.79. The van der Waals surface area contributed by atoms with Crippen LogP contribution in [0.3, 0.4) is 0 Å². The zero-order valence-electron chi connectivity index (χ0n) is 18.9. The van der Waals surface area contributed by atoms with Gasteiger partial charge in [0.15, 0.2) is 17.3 Å². The number of benzene rings is 3. The highest BCUT2D eigenvalue weighted by Gasteiger charge is 2.38. The first kappa shape index (κ1) is 22.1. The van der Waals surface area contributed by atoms with Gasteiger partial charge in [-0.2, -0.15) is 0 Å². The first-order valence-electron chi connectivity index (χ1n) is 10.7. The summed E-state index contributed by atoms with van der Waals surface area (Å²) in [5.74, 6) is 1.25. The van der Waals surface area contributed by atoms with Gasteiger partial charge in [-0.1, -0.05) is 24.3 Å². The second-order valence-electron chi connectivity index (χ2n) is 7.88. The summed E-state index contributed by atoms with van der Waals surface area (Å²) in [5.41, 5.74) is 2.77. The average Bonchev–Trinajstić information content (AvgIpc) is 3.18. The lowest BCUT2D eigenvalue weighted by molar-refractivity contribution is -0.135. The molecule has 1 unspecified atom stereocenters. The molecule has 1 atom stereocenters. The van der Waals surface area contributed by atoms with Gasteiger partial charge in [-0.25, -0.2) is 0 Å². The topological polar surface area (TPSA) is 71.1 Å². The fourth-order valence-electron chi connectivity index (χ4n) is 4.39. The third kappa shape index (κ3) is 3.72. The Morgan fingerprint density at radius 2 is 1.76 bits per heavy atom. The molecular weight excluding hydrogens is 452 g/mol. The Hall–Kier alpha value is -3.71. The number of thioether (sulfide) groups is 1. The van der Waals surface area contributed by atoms with Crippen LogP contribution in [0.15, 0.2) is 65.3 Å². The van der Waals surface area contributed by atoms with Crippen LogP contribution in [0.2, 0.25) is 0 Å². The van der Waals surface area contributed by atoms with Crippen LogP contribution in [0.4, 0.5) is 0 Å². The van der Waals surface area contributed by atoms with Gasteiger partial charge in [-0.05, 0) is 48.2 Å². The average molecular weight is 475 g/mol. The minimum absolute atomic E-state index is 0.169. The normalized spacial score (nSPS) is 17.6. The highest BCUT2D eigenvalue weighted by molar-refractivity contribution is 7.98. The maximum atomic E-state index is 13.3. The molecule has 3 aromatic carbocycles. The van der Waals surface area contributed by atoms with Crippen LogP contribution in [0.5, 0.6) is 23.0 Å². The van der Waals surface area contributed by atoms with Gasteiger partial charge in [0.25, 0.3) is 0 Å². The summed E-state index contributed by atoms with van der Waals surface area (Å²) in [7, 11) is 3.10. The third-order valence-electron chi connectivity index (χ3n) is 6.02. The molecule has 0 bridgehead atoms. The van der Waals surface area contributed by atoms with Crippen LogP contribution in [-0.2, 0) is 4.79 Å². The predicted molar refractivity (Wildman–Crippen MR) is 129 cm³/mol. The van der Waals surface area contributed by atoms with Crippen molar-refractivity contribution in [2.45, 2.75) is 17.2 Å². The first-order chi connectivity index (χ1) is 16.5. The number of ketones is 1. The summed E-state index contributed by atoms with van der Waals surface area (Å²) < 4.78 is 22.5. The van der Waals surface area contributed by atoms with Crippen molar-refractivity contribution in [2.24, 2.45) is 0 Å². The molecule has 5 rings (SSSR count). The van der Waals surface area contributed by atoms with Crippen molar-refractivity contribution in [3.8, 4) is 23.0 Å². The molecule has 7 heteroatoms. The molecule has 0 saturated carbocycles. The smallest absolute Gasteiger partial charge is 0.312 e. The van der Waals surface area contributed by atoms with Gasteiger partial charge < -0.3 is 18.9 Å². The predicted octanol–water partition coefficient (Wildman–Crippen LogP) is 5.48. The minimum atomic E-state index is -0.312. The molecule has 0 saturated heterocycles. The number of carbonyl (C=O) groups is 2. The lowest BCUT2D eigenvalue weighted by atomic mass is 9.85. The zero-order valence-corrected chi connectivity index (χ0v) is 19.7. The standard InChI is InChI=1S/C27H22O6S/c1-30-21-6-4-5-16(26(21)31-2)13-22-25(29)18-11-12-20-24(27(18)33-22)19(14-23(28)32-20)15-7-9-17(34-3)10-8-15/h4-13,19H,14H2,1-3H3. The number of hydrogen-bond acceptors (Lipinski definition) is 7. The quantitative estimate of drug-likeness (QED) is 0.210. The number of esters is 1. The van der Waals surface area contributed by atoms with Gasteiger partial charge >= 0.3 is 5.97 Å². The molecule has 172 valence electrons. The van der Waals surface area contributed by atoms with Crippen molar-refractivity contribution in [1.29, 1.82) is 0 Å². The lowest BCUT2D eigenvalue weighted by Gasteiger charge is -2.26. The van der Waals surface area contributed by atoms with Crippen molar-refractivity contribution in [2.75, 3.05) is 20.5 Å². The molecule has 0 N–H and O–H groups in total. The van der Waals surface area contributed by atoms with E-state index in [1.54, 1.807) is 50.3 Å². The van der Waals surface area contributed by atoms with Gasteiger partial charge in [-0.3, -0.25) is 9.59 Å². The second-order valence-corrected chi connectivity index (χ2v) is 8.76. The van der Waals surface area contributed by atoms with E-state index in [0.717, 1.165) is 10.5 Å². The molecule has 2 heterocycles. The maximum Gasteiger partial charge on any atom is 0.312 e. The van der Waals surface area contributed by atoms with E-state index >= 15 is 0 Å². The zero-order chi connectivity index (χ0) is 23.8. The number of carbonyl (C=O) groups excluding carboxylic acids is 2. The summed E-state index contributed by atoms with van der Waals surface area (Å²) in [5, 5.41) is 0. The maximum absolute atomic E-state index is 13.3. The summed E-state index contributed by atoms with van der Waals surface area (Å²) >= 11 is 1.65. The van der Waals surface area contributed by atoms with Gasteiger partial charge in [0, 0.05) is 21.9 Å². The molecule has 0 spiro atoms. The molecule has 0 fully saturated rings. The van der Waals surface area contributed by atoms with Gasteiger partial charge in [0.05, 0.1) is 26.2 Å². The number of fused-ring (bicyclic) bond motifs is 3. The summed E-state index contributed by atoms with van der Waals surface area (Å²) in [6.07, 6.45) is 3.83. The SMILES string of the molecule is COc1cccc(C=C2Oc3c(ccc4c3C(c3ccc(SC)cc3)CC(=O)O4)C2=O)c1OC. The monoisotopic (exact) mass is 474 g/mol. The van der Waals surface area contributed by atoms with Crippen LogP contribution in [-0.4, -0.2) is 32.2 Å². The van der Waals surface area contributed by atoms with E-state index in [9.17, 15) is 9.59 Å². The minimum Gasteiger partial charge on any atom is -0.493 e. The Balaban J connectivity index is 1.59. The molecular formula is C27H22O6S. The molecule has 34 heavy (non-hydrogen) atoms. The van der Waals surface area contributed by atoms with E-state index in [-0.39, 0.29) is 29.9 Å². The fraction of sp³-hybridized carbons (Fsp3) is 0.185. The Morgan fingerprint density at radius 3 is 2.47 bits per heavy atom. The van der Waals surface area contributed by atoms with Crippen LogP contribution in [0, 0.1) is 0 Å². The van der Waals surface area contributed by atoms with E-state index in [1.165, 1.54) is 0 Å². The molecule has 2 aliphatic heterocycles. The molecule has 2 aliphatic rings. The van der Waals surface area contributed by atoms with Crippen molar-refractivity contribution in [1.82, 2.24) is 0 Å². The number of rotatable bonds is 5. The van der Waals surface area contributed by atoms with Crippen molar-refractivity contribution in [3.63, 3.8) is 0 Å². The lowest BCUT2D eigenvalue weighted by Crippen LogP contribution is -2.21. The van der Waals surface area contributed by atoms with Crippen LogP contribution in [0.25, 0.3) is 6.08 Å². The van der Waals surface area contributed by atoms with Gasteiger partial charge in [-0.15, -0.1) is 11.8 Å². The van der Waals surface area contributed by atoms with E-state index in [4.69, 9.17) is 18.9 Å². The molecule has 6 nitrogen and oxygen atoms in total. The Bertz CT molecular complexity index is 1330. The Labute approximate surface area is 201 Å². The summed E-state index contributed by atoms with van der Waals surface area (Å²) in [6.45, 7) is 0. The summed E-state index contributed by atoms with van der Waals surface area (Å²) in [4.78, 5) is 26.7. The number of ether oxygens (including phenoxy) is 4. The fourth-order valence-corrected chi connectivity index (χ4v) is 4.80. The van der Waals surface area contributed by atoms with E-state index in [1.807, 2.05) is 42.7 Å². The second kappa shape index (κ2) is 8.91. The Morgan fingerprint density at radius 1 is 0.971 bits per heavy atom. The number of methoxy groups -OCH3 is 2. The molecule has 3 aromatic rings. The van der Waals surface area contributed by atoms with Crippen LogP contribution < -0.4 is 18.9 Å². The first-order valence-corrected chi connectivity index (χ1v) is 11.9. The van der Waals surface area contributed by atoms with Gasteiger partial charge in [0.2, 0.25) is 5.78 Å². The number of allylic oxidation sites excluding steroid dienone is 1. The third-order valence-corrected chi connectivity index (χ3v) is 6.76. The highest BCUT2D eigenvalue weighted by atomic mass is 32.2. The summed E-state index contributed by atoms with van der Waals surface area (Å²) in [6, 6.07) is 16.8. The van der Waals surface area contributed by atoms with E-state index in [2.05, 4.69) is 0 Å². The highest BCUT2D eigenvalue weighted by Crippen LogP contribution is 2.49. The van der Waals surface area contributed by atoms with Crippen molar-refractivity contribution >= 4 is 29.6 Å². The number of Topliss-reactive ketones (excluding diaryl/α,β-unsaturated/α-hetero) is 1. The molecule has 0 radical (unpaired) electrons. The molecule has 0 aliphatic carbocycles. The largest absolute Gasteiger partial charge is 0.493 e. The van der Waals surface area contributed by atoms with Crippen molar-refractivity contribution < 1.29 is 28.5 Å². The molecule has 0 amide bonds. The van der Waals surface area contributed by atoms with Crippen molar-refractivity contribution in [3.05, 3.63) is 82.6 Å². The van der Waals surface area contributed by atoms with E-state index in [0.29, 0.717) is 39.7 Å². The molecule has 0 aromatic heterocycles. The van der Waals surface area contributed by atoms with E-state index < -0.39 is 0 Å². The number of para-hydroxylation sites is 1. The van der Waals surface area contributed by atoms with Crippen LogP contribution >= 0.6 is 11.8 Å². The number of hydrogen-bond donors (Lipinski definition) is 0. The van der Waals surface area contributed by atoms with Crippen LogP contribution in [0.1, 0.15) is 39.4 Å².